The fourth-order valence-electron chi connectivity index (χ4n) is 2.97. The molecule has 0 aliphatic carbocycles. The number of carbonyl (C=O) groups excluding carboxylic acids is 1. The zero-order valence-electron chi connectivity index (χ0n) is 16.3. The summed E-state index contributed by atoms with van der Waals surface area (Å²) < 4.78 is 1.78. The summed E-state index contributed by atoms with van der Waals surface area (Å²) in [7, 11) is 7.59. The lowest BCUT2D eigenvalue weighted by Gasteiger charge is -2.18. The Balaban J connectivity index is 1.75. The lowest BCUT2D eigenvalue weighted by atomic mass is 10.1. The number of benzene rings is 1. The van der Waals surface area contributed by atoms with Crippen molar-refractivity contribution in [3.05, 3.63) is 77.2 Å². The van der Waals surface area contributed by atoms with Crippen LogP contribution >= 0.6 is 0 Å². The molecule has 0 N–H and O–H groups in total. The molecule has 1 amide bonds. The van der Waals surface area contributed by atoms with E-state index in [0.717, 1.165) is 22.6 Å². The van der Waals surface area contributed by atoms with Gasteiger partial charge in [-0.05, 0) is 17.2 Å². The highest BCUT2D eigenvalue weighted by Crippen LogP contribution is 2.17. The highest BCUT2D eigenvalue weighted by molar-refractivity contribution is 5.95. The van der Waals surface area contributed by atoms with Gasteiger partial charge in [0.1, 0.15) is 5.82 Å². The number of rotatable bonds is 6. The van der Waals surface area contributed by atoms with E-state index in [1.165, 1.54) is 0 Å². The van der Waals surface area contributed by atoms with Crippen molar-refractivity contribution < 1.29 is 4.79 Å². The lowest BCUT2D eigenvalue weighted by Crippen LogP contribution is -2.27. The number of nitrogens with zero attached hydrogens (tertiary/aromatic N) is 5. The third-order valence-electron chi connectivity index (χ3n) is 4.54. The summed E-state index contributed by atoms with van der Waals surface area (Å²) in [6.45, 7) is 0.499. The first-order valence-corrected chi connectivity index (χ1v) is 8.88. The molecule has 0 saturated heterocycles. The molecule has 0 saturated carbocycles. The second kappa shape index (κ2) is 8.03. The predicted octanol–water partition coefficient (Wildman–Crippen LogP) is 2.74. The minimum absolute atomic E-state index is 0.0364. The Morgan fingerprint density at radius 2 is 1.74 bits per heavy atom. The van der Waals surface area contributed by atoms with Crippen molar-refractivity contribution in [3.63, 3.8) is 0 Å². The molecule has 0 fully saturated rings. The molecule has 0 radical (unpaired) electrons. The van der Waals surface area contributed by atoms with E-state index in [9.17, 15) is 4.79 Å². The van der Waals surface area contributed by atoms with Crippen LogP contribution in [0.25, 0.3) is 0 Å². The molecular weight excluding hydrogens is 338 g/mol. The van der Waals surface area contributed by atoms with Crippen LogP contribution in [0.5, 0.6) is 0 Å². The van der Waals surface area contributed by atoms with Gasteiger partial charge in [-0.2, -0.15) is 5.10 Å². The van der Waals surface area contributed by atoms with Gasteiger partial charge in [-0.1, -0.05) is 36.4 Å². The zero-order valence-corrected chi connectivity index (χ0v) is 16.3. The molecule has 0 spiro atoms. The van der Waals surface area contributed by atoms with E-state index in [0.29, 0.717) is 18.5 Å². The van der Waals surface area contributed by atoms with E-state index in [4.69, 9.17) is 0 Å². The number of amides is 1. The maximum atomic E-state index is 13.0. The predicted molar refractivity (Wildman–Crippen MR) is 107 cm³/mol. The molecule has 0 atom stereocenters. The van der Waals surface area contributed by atoms with E-state index >= 15 is 0 Å². The number of hydrogen-bond donors (Lipinski definition) is 0. The van der Waals surface area contributed by atoms with Crippen LogP contribution < -0.4 is 4.90 Å². The van der Waals surface area contributed by atoms with Gasteiger partial charge in [0.15, 0.2) is 0 Å². The average Bonchev–Trinajstić information content (AvgIpc) is 3.03. The standard InChI is InChI=1S/C21H25N5O/c1-24(2)20-11-10-17(13-22-20)15-25(3)21(27)18-14-23-26(4)19(18)12-16-8-6-5-7-9-16/h5-11,13-14H,12,15H2,1-4H3. The van der Waals surface area contributed by atoms with Crippen LogP contribution in [-0.2, 0) is 20.0 Å². The second-order valence-electron chi connectivity index (χ2n) is 6.87. The fraction of sp³-hybridized carbons (Fsp3) is 0.286. The molecule has 6 nitrogen and oxygen atoms in total. The monoisotopic (exact) mass is 363 g/mol. The quantitative estimate of drug-likeness (QED) is 0.676. The van der Waals surface area contributed by atoms with Gasteiger partial charge in [-0.25, -0.2) is 4.98 Å². The Labute approximate surface area is 160 Å². The molecule has 2 aromatic heterocycles. The number of carbonyl (C=O) groups is 1. The smallest absolute Gasteiger partial charge is 0.257 e. The lowest BCUT2D eigenvalue weighted by molar-refractivity contribution is 0.0784. The molecule has 1 aromatic carbocycles. The summed E-state index contributed by atoms with van der Waals surface area (Å²) in [6, 6.07) is 14.1. The first-order chi connectivity index (χ1) is 13.0. The maximum Gasteiger partial charge on any atom is 0.257 e. The molecular formula is C21H25N5O. The number of anilines is 1. The van der Waals surface area contributed by atoms with Gasteiger partial charge in [-0.3, -0.25) is 9.48 Å². The minimum atomic E-state index is -0.0364. The number of aromatic nitrogens is 3. The molecule has 3 rings (SSSR count). The minimum Gasteiger partial charge on any atom is -0.363 e. The molecule has 0 aliphatic heterocycles. The summed E-state index contributed by atoms with van der Waals surface area (Å²) >= 11 is 0. The SMILES string of the molecule is CN(Cc1ccc(N(C)C)nc1)C(=O)c1cnn(C)c1Cc1ccccc1. The van der Waals surface area contributed by atoms with Gasteiger partial charge in [0.25, 0.3) is 5.91 Å². The number of hydrogen-bond acceptors (Lipinski definition) is 4. The van der Waals surface area contributed by atoms with Gasteiger partial charge in [0.05, 0.1) is 17.5 Å². The molecule has 27 heavy (non-hydrogen) atoms. The molecule has 3 aromatic rings. The Kier molecular flexibility index (Phi) is 5.54. The van der Waals surface area contributed by atoms with E-state index < -0.39 is 0 Å². The van der Waals surface area contributed by atoms with Crippen molar-refractivity contribution in [1.82, 2.24) is 19.7 Å². The van der Waals surface area contributed by atoms with E-state index in [1.54, 1.807) is 15.8 Å². The largest absolute Gasteiger partial charge is 0.363 e. The first-order valence-electron chi connectivity index (χ1n) is 8.88. The van der Waals surface area contributed by atoms with Crippen LogP contribution in [0.4, 0.5) is 5.82 Å². The van der Waals surface area contributed by atoms with Gasteiger partial charge in [0.2, 0.25) is 0 Å². The third-order valence-corrected chi connectivity index (χ3v) is 4.54. The van der Waals surface area contributed by atoms with Gasteiger partial charge in [0, 0.05) is 47.4 Å². The van der Waals surface area contributed by atoms with Gasteiger partial charge in [-0.15, -0.1) is 0 Å². The summed E-state index contributed by atoms with van der Waals surface area (Å²) in [6.07, 6.45) is 4.14. The number of pyridine rings is 1. The Hall–Kier alpha value is -3.15. The summed E-state index contributed by atoms with van der Waals surface area (Å²) in [4.78, 5) is 21.1. The second-order valence-corrected chi connectivity index (χ2v) is 6.87. The van der Waals surface area contributed by atoms with Crippen LogP contribution in [-0.4, -0.2) is 46.7 Å². The topological polar surface area (TPSA) is 54.3 Å². The first kappa shape index (κ1) is 18.6. The van der Waals surface area contributed by atoms with Crippen LogP contribution in [0, 0.1) is 0 Å². The van der Waals surface area contributed by atoms with Crippen LogP contribution in [0.2, 0.25) is 0 Å². The van der Waals surface area contributed by atoms with Crippen molar-refractivity contribution in [2.24, 2.45) is 7.05 Å². The molecule has 0 bridgehead atoms. The van der Waals surface area contributed by atoms with Crippen molar-refractivity contribution in [2.45, 2.75) is 13.0 Å². The number of aryl methyl sites for hydroxylation is 1. The van der Waals surface area contributed by atoms with Crippen molar-refractivity contribution in [2.75, 3.05) is 26.0 Å². The maximum absolute atomic E-state index is 13.0. The Bertz CT molecular complexity index is 900. The highest BCUT2D eigenvalue weighted by Gasteiger charge is 2.20. The molecule has 2 heterocycles. The van der Waals surface area contributed by atoms with E-state index in [2.05, 4.69) is 22.2 Å². The van der Waals surface area contributed by atoms with Gasteiger partial charge >= 0.3 is 0 Å². The van der Waals surface area contributed by atoms with Crippen molar-refractivity contribution in [3.8, 4) is 0 Å². The van der Waals surface area contributed by atoms with Crippen LogP contribution in [0.3, 0.4) is 0 Å². The highest BCUT2D eigenvalue weighted by atomic mass is 16.2. The summed E-state index contributed by atoms with van der Waals surface area (Å²) in [5.41, 5.74) is 3.70. The Morgan fingerprint density at radius 1 is 1.00 bits per heavy atom. The molecule has 0 unspecified atom stereocenters. The van der Waals surface area contributed by atoms with Crippen molar-refractivity contribution >= 4 is 11.7 Å². The summed E-state index contributed by atoms with van der Waals surface area (Å²) in [5.74, 6) is 0.857. The molecule has 6 heteroatoms. The van der Waals surface area contributed by atoms with Crippen LogP contribution in [0.15, 0.2) is 54.9 Å². The fourth-order valence-corrected chi connectivity index (χ4v) is 2.97. The van der Waals surface area contributed by atoms with E-state index in [1.807, 2.05) is 69.6 Å². The average molecular weight is 363 g/mol. The molecule has 140 valence electrons. The molecule has 0 aliphatic rings. The third kappa shape index (κ3) is 4.34. The van der Waals surface area contributed by atoms with Crippen LogP contribution in [0.1, 0.15) is 27.2 Å². The van der Waals surface area contributed by atoms with E-state index in [-0.39, 0.29) is 5.91 Å². The zero-order chi connectivity index (χ0) is 19.4. The normalized spacial score (nSPS) is 10.7. The Morgan fingerprint density at radius 3 is 2.37 bits per heavy atom. The van der Waals surface area contributed by atoms with Crippen molar-refractivity contribution in [1.29, 1.82) is 0 Å². The van der Waals surface area contributed by atoms with Gasteiger partial charge < -0.3 is 9.80 Å². The summed E-state index contributed by atoms with van der Waals surface area (Å²) in [5, 5.41) is 4.31.